The third-order valence-corrected chi connectivity index (χ3v) is 3.74. The number of benzene rings is 1. The number of aromatic amines is 1. The van der Waals surface area contributed by atoms with Crippen LogP contribution in [0.4, 0.5) is 0 Å². The Labute approximate surface area is 140 Å². The molecule has 5 heteroatoms. The van der Waals surface area contributed by atoms with Crippen molar-refractivity contribution in [3.63, 3.8) is 0 Å². The SMILES string of the molecule is Cc1cccc(C)c1Oc1ncccc1CNC(=O)c1ccc[nH]1. The summed E-state index contributed by atoms with van der Waals surface area (Å²) in [4.78, 5) is 19.3. The molecule has 0 fully saturated rings. The average Bonchev–Trinajstić information content (AvgIpc) is 3.12. The molecule has 24 heavy (non-hydrogen) atoms. The Morgan fingerprint density at radius 3 is 2.62 bits per heavy atom. The molecule has 0 bridgehead atoms. The molecule has 122 valence electrons. The van der Waals surface area contributed by atoms with Crippen molar-refractivity contribution in [1.82, 2.24) is 15.3 Å². The van der Waals surface area contributed by atoms with Crippen LogP contribution in [0.15, 0.2) is 54.9 Å². The number of nitrogens with zero attached hydrogens (tertiary/aromatic N) is 1. The molecule has 0 radical (unpaired) electrons. The van der Waals surface area contributed by atoms with Gasteiger partial charge in [0.05, 0.1) is 0 Å². The summed E-state index contributed by atoms with van der Waals surface area (Å²) < 4.78 is 6.02. The molecule has 0 saturated heterocycles. The van der Waals surface area contributed by atoms with Crippen molar-refractivity contribution >= 4 is 5.91 Å². The molecule has 0 aliphatic carbocycles. The summed E-state index contributed by atoms with van der Waals surface area (Å²) in [7, 11) is 0. The molecule has 0 unspecified atom stereocenters. The first kappa shape index (κ1) is 15.8. The number of amides is 1. The summed E-state index contributed by atoms with van der Waals surface area (Å²) in [5, 5.41) is 2.87. The topological polar surface area (TPSA) is 67.0 Å². The van der Waals surface area contributed by atoms with Crippen LogP contribution in [0.2, 0.25) is 0 Å². The average molecular weight is 321 g/mol. The summed E-state index contributed by atoms with van der Waals surface area (Å²) in [5.74, 6) is 1.14. The zero-order chi connectivity index (χ0) is 16.9. The third kappa shape index (κ3) is 3.46. The first-order valence-electron chi connectivity index (χ1n) is 7.74. The first-order valence-corrected chi connectivity index (χ1v) is 7.74. The fraction of sp³-hybridized carbons (Fsp3) is 0.158. The lowest BCUT2D eigenvalue weighted by Crippen LogP contribution is -2.23. The van der Waals surface area contributed by atoms with Crippen LogP contribution >= 0.6 is 0 Å². The molecule has 2 heterocycles. The Balaban J connectivity index is 1.77. The lowest BCUT2D eigenvalue weighted by Gasteiger charge is -2.14. The molecule has 0 aliphatic heterocycles. The van der Waals surface area contributed by atoms with Crippen LogP contribution in [0.3, 0.4) is 0 Å². The molecule has 0 saturated carbocycles. The number of ether oxygens (including phenoxy) is 1. The minimum atomic E-state index is -0.165. The maximum Gasteiger partial charge on any atom is 0.267 e. The van der Waals surface area contributed by atoms with Gasteiger partial charge in [0.2, 0.25) is 5.88 Å². The van der Waals surface area contributed by atoms with Crippen LogP contribution < -0.4 is 10.1 Å². The molecule has 3 rings (SSSR count). The minimum Gasteiger partial charge on any atom is -0.438 e. The number of hydrogen-bond donors (Lipinski definition) is 2. The molecule has 3 aromatic rings. The molecule has 0 aliphatic rings. The van der Waals surface area contributed by atoms with Gasteiger partial charge in [0.25, 0.3) is 5.91 Å². The van der Waals surface area contributed by atoms with E-state index in [0.29, 0.717) is 18.1 Å². The molecule has 0 atom stereocenters. The minimum absolute atomic E-state index is 0.165. The van der Waals surface area contributed by atoms with Crippen molar-refractivity contribution in [2.75, 3.05) is 0 Å². The smallest absolute Gasteiger partial charge is 0.267 e. The van der Waals surface area contributed by atoms with E-state index in [9.17, 15) is 4.79 Å². The Morgan fingerprint density at radius 2 is 1.92 bits per heavy atom. The van der Waals surface area contributed by atoms with Crippen molar-refractivity contribution in [1.29, 1.82) is 0 Å². The van der Waals surface area contributed by atoms with Crippen LogP contribution in [-0.4, -0.2) is 15.9 Å². The van der Waals surface area contributed by atoms with Crippen molar-refractivity contribution in [3.05, 3.63) is 77.2 Å². The van der Waals surface area contributed by atoms with E-state index in [4.69, 9.17) is 4.74 Å². The van der Waals surface area contributed by atoms with Crippen LogP contribution in [0, 0.1) is 13.8 Å². The number of pyridine rings is 1. The fourth-order valence-electron chi connectivity index (χ4n) is 2.45. The van der Waals surface area contributed by atoms with Gasteiger partial charge in [0, 0.05) is 24.5 Å². The van der Waals surface area contributed by atoms with E-state index in [1.54, 1.807) is 24.5 Å². The Kier molecular flexibility index (Phi) is 4.61. The second-order valence-electron chi connectivity index (χ2n) is 5.56. The zero-order valence-corrected chi connectivity index (χ0v) is 13.7. The zero-order valence-electron chi connectivity index (χ0n) is 13.7. The van der Waals surface area contributed by atoms with Gasteiger partial charge in [0.15, 0.2) is 0 Å². The highest BCUT2D eigenvalue weighted by atomic mass is 16.5. The normalized spacial score (nSPS) is 10.4. The molecule has 5 nitrogen and oxygen atoms in total. The van der Waals surface area contributed by atoms with E-state index in [0.717, 1.165) is 22.4 Å². The Morgan fingerprint density at radius 1 is 1.12 bits per heavy atom. The van der Waals surface area contributed by atoms with Gasteiger partial charge in [-0.2, -0.15) is 0 Å². The third-order valence-electron chi connectivity index (χ3n) is 3.74. The standard InChI is InChI=1S/C19H19N3O2/c1-13-6-3-7-14(2)17(13)24-19-15(8-4-11-21-19)12-22-18(23)16-9-5-10-20-16/h3-11,20H,12H2,1-2H3,(H,22,23). The van der Waals surface area contributed by atoms with Crippen LogP contribution in [-0.2, 0) is 6.54 Å². The van der Waals surface area contributed by atoms with E-state index >= 15 is 0 Å². The van der Waals surface area contributed by atoms with Crippen molar-refractivity contribution in [2.45, 2.75) is 20.4 Å². The predicted molar refractivity (Wildman–Crippen MR) is 92.2 cm³/mol. The van der Waals surface area contributed by atoms with E-state index in [1.165, 1.54) is 0 Å². The summed E-state index contributed by atoms with van der Waals surface area (Å²) in [6.07, 6.45) is 3.40. The molecule has 1 aromatic carbocycles. The van der Waals surface area contributed by atoms with E-state index < -0.39 is 0 Å². The molecular formula is C19H19N3O2. The molecule has 2 N–H and O–H groups in total. The predicted octanol–water partition coefficient (Wildman–Crippen LogP) is 3.75. The van der Waals surface area contributed by atoms with Crippen LogP contribution in [0.25, 0.3) is 0 Å². The number of rotatable bonds is 5. The summed E-state index contributed by atoms with van der Waals surface area (Å²) >= 11 is 0. The van der Waals surface area contributed by atoms with Crippen molar-refractivity contribution < 1.29 is 9.53 Å². The van der Waals surface area contributed by atoms with Gasteiger partial charge in [-0.1, -0.05) is 24.3 Å². The number of carbonyl (C=O) groups is 1. The van der Waals surface area contributed by atoms with Crippen LogP contribution in [0.1, 0.15) is 27.2 Å². The fourth-order valence-corrected chi connectivity index (χ4v) is 2.45. The quantitative estimate of drug-likeness (QED) is 0.752. The number of aromatic nitrogens is 2. The monoisotopic (exact) mass is 321 g/mol. The summed E-state index contributed by atoms with van der Waals surface area (Å²) in [6.45, 7) is 4.34. The van der Waals surface area contributed by atoms with Crippen molar-refractivity contribution in [2.24, 2.45) is 0 Å². The van der Waals surface area contributed by atoms with Gasteiger partial charge in [-0.05, 0) is 43.2 Å². The van der Waals surface area contributed by atoms with Gasteiger partial charge >= 0.3 is 0 Å². The second kappa shape index (κ2) is 7.00. The molecule has 2 aromatic heterocycles. The Bertz CT molecular complexity index is 821. The van der Waals surface area contributed by atoms with Gasteiger partial charge in [0.1, 0.15) is 11.4 Å². The number of H-pyrrole nitrogens is 1. The van der Waals surface area contributed by atoms with E-state index in [-0.39, 0.29) is 5.91 Å². The molecule has 1 amide bonds. The van der Waals surface area contributed by atoms with E-state index in [1.807, 2.05) is 44.2 Å². The van der Waals surface area contributed by atoms with E-state index in [2.05, 4.69) is 15.3 Å². The van der Waals surface area contributed by atoms with Crippen molar-refractivity contribution in [3.8, 4) is 11.6 Å². The number of aryl methyl sites for hydroxylation is 2. The number of hydrogen-bond acceptors (Lipinski definition) is 3. The van der Waals surface area contributed by atoms with Gasteiger partial charge in [-0.3, -0.25) is 4.79 Å². The lowest BCUT2D eigenvalue weighted by atomic mass is 10.1. The summed E-state index contributed by atoms with van der Waals surface area (Å²) in [5.41, 5.74) is 3.43. The van der Waals surface area contributed by atoms with Gasteiger partial charge in [-0.15, -0.1) is 0 Å². The number of para-hydroxylation sites is 1. The van der Waals surface area contributed by atoms with Gasteiger partial charge in [-0.25, -0.2) is 4.98 Å². The number of nitrogens with one attached hydrogen (secondary N) is 2. The second-order valence-corrected chi connectivity index (χ2v) is 5.56. The molecular weight excluding hydrogens is 302 g/mol. The Hall–Kier alpha value is -3.08. The maximum absolute atomic E-state index is 12.1. The van der Waals surface area contributed by atoms with Gasteiger partial charge < -0.3 is 15.0 Å². The highest BCUT2D eigenvalue weighted by molar-refractivity contribution is 5.92. The first-order chi connectivity index (χ1) is 11.6. The number of carbonyl (C=O) groups excluding carboxylic acids is 1. The lowest BCUT2D eigenvalue weighted by molar-refractivity contribution is 0.0946. The maximum atomic E-state index is 12.1. The molecule has 0 spiro atoms. The highest BCUT2D eigenvalue weighted by Gasteiger charge is 2.12. The van der Waals surface area contributed by atoms with Crippen LogP contribution in [0.5, 0.6) is 11.6 Å². The largest absolute Gasteiger partial charge is 0.438 e. The summed E-state index contributed by atoms with van der Waals surface area (Å²) in [6, 6.07) is 13.2. The highest BCUT2D eigenvalue weighted by Crippen LogP contribution is 2.29.